The number of hydrogen-bond acceptors (Lipinski definition) is 6. The molecule has 2 N–H and O–H groups in total. The summed E-state index contributed by atoms with van der Waals surface area (Å²) in [7, 11) is 0. The first-order valence-corrected chi connectivity index (χ1v) is 7.57. The van der Waals surface area contributed by atoms with Gasteiger partial charge in [-0.05, 0) is 48.5 Å². The number of carboxylic acids is 1. The SMILES string of the molecule is O=C(O)c1ccc(C(=O)OCCOc2ccc(OCCO)cc2)cc1. The summed E-state index contributed by atoms with van der Waals surface area (Å²) in [6, 6.07) is 12.3. The molecule has 0 aromatic heterocycles. The first-order chi connectivity index (χ1) is 12.1. The zero-order valence-electron chi connectivity index (χ0n) is 13.4. The Balaban J connectivity index is 1.73. The van der Waals surface area contributed by atoms with Crippen molar-refractivity contribution >= 4 is 11.9 Å². The van der Waals surface area contributed by atoms with Crippen LogP contribution in [0, 0.1) is 0 Å². The van der Waals surface area contributed by atoms with Gasteiger partial charge in [-0.2, -0.15) is 0 Å². The zero-order chi connectivity index (χ0) is 18.1. The van der Waals surface area contributed by atoms with E-state index < -0.39 is 11.9 Å². The summed E-state index contributed by atoms with van der Waals surface area (Å²) in [5.41, 5.74) is 0.377. The van der Waals surface area contributed by atoms with Crippen LogP contribution in [0.5, 0.6) is 11.5 Å². The Morgan fingerprint density at radius 3 is 1.80 bits per heavy atom. The fourth-order valence-corrected chi connectivity index (χ4v) is 1.92. The average molecular weight is 346 g/mol. The van der Waals surface area contributed by atoms with Crippen LogP contribution in [0.1, 0.15) is 20.7 Å². The first kappa shape index (κ1) is 18.3. The molecule has 0 saturated heterocycles. The Labute approximate surface area is 144 Å². The molecule has 0 aliphatic heterocycles. The highest BCUT2D eigenvalue weighted by Crippen LogP contribution is 2.17. The van der Waals surface area contributed by atoms with E-state index in [1.54, 1.807) is 24.3 Å². The number of esters is 1. The van der Waals surface area contributed by atoms with Crippen LogP contribution in [-0.2, 0) is 4.74 Å². The zero-order valence-corrected chi connectivity index (χ0v) is 13.4. The van der Waals surface area contributed by atoms with Gasteiger partial charge in [-0.25, -0.2) is 9.59 Å². The van der Waals surface area contributed by atoms with Crippen molar-refractivity contribution in [2.75, 3.05) is 26.4 Å². The molecule has 0 unspecified atom stereocenters. The van der Waals surface area contributed by atoms with Crippen LogP contribution in [0.3, 0.4) is 0 Å². The molecule has 2 rings (SSSR count). The minimum absolute atomic E-state index is 0.0529. The van der Waals surface area contributed by atoms with E-state index in [9.17, 15) is 9.59 Å². The molecule has 0 radical (unpaired) electrons. The molecule has 2 aromatic rings. The lowest BCUT2D eigenvalue weighted by Gasteiger charge is -2.09. The van der Waals surface area contributed by atoms with Gasteiger partial charge in [0.05, 0.1) is 17.7 Å². The molecule has 0 amide bonds. The molecule has 0 aliphatic carbocycles. The normalized spacial score (nSPS) is 10.1. The van der Waals surface area contributed by atoms with E-state index in [0.29, 0.717) is 11.5 Å². The number of rotatable bonds is 9. The van der Waals surface area contributed by atoms with E-state index in [0.717, 1.165) is 0 Å². The van der Waals surface area contributed by atoms with Crippen LogP contribution in [0.15, 0.2) is 48.5 Å². The Bertz CT molecular complexity index is 692. The maximum Gasteiger partial charge on any atom is 0.338 e. The van der Waals surface area contributed by atoms with E-state index in [1.165, 1.54) is 24.3 Å². The van der Waals surface area contributed by atoms with Crippen LogP contribution in [0.2, 0.25) is 0 Å². The number of aromatic carboxylic acids is 1. The van der Waals surface area contributed by atoms with Crippen LogP contribution >= 0.6 is 0 Å². The van der Waals surface area contributed by atoms with Gasteiger partial charge in [0.25, 0.3) is 0 Å². The third kappa shape index (κ3) is 5.82. The number of hydrogen-bond donors (Lipinski definition) is 2. The second kappa shape index (κ2) is 9.29. The number of ether oxygens (including phenoxy) is 3. The Kier molecular flexibility index (Phi) is 6.79. The number of aliphatic hydroxyl groups is 1. The molecule has 0 spiro atoms. The topological polar surface area (TPSA) is 102 Å². The molecule has 25 heavy (non-hydrogen) atoms. The van der Waals surface area contributed by atoms with Crippen molar-refractivity contribution in [1.82, 2.24) is 0 Å². The number of benzene rings is 2. The molecule has 0 atom stereocenters. The molecule has 0 saturated carbocycles. The third-order valence-electron chi connectivity index (χ3n) is 3.14. The summed E-state index contributed by atoms with van der Waals surface area (Å²) in [6.45, 7) is 0.407. The van der Waals surface area contributed by atoms with Crippen LogP contribution in [0.25, 0.3) is 0 Å². The summed E-state index contributed by atoms with van der Waals surface area (Å²) >= 11 is 0. The maximum absolute atomic E-state index is 11.8. The van der Waals surface area contributed by atoms with Gasteiger partial charge in [0.1, 0.15) is 31.3 Å². The summed E-state index contributed by atoms with van der Waals surface area (Å²) in [5.74, 6) is -0.384. The quantitative estimate of drug-likeness (QED) is 0.529. The van der Waals surface area contributed by atoms with Gasteiger partial charge in [-0.15, -0.1) is 0 Å². The van der Waals surface area contributed by atoms with Crippen molar-refractivity contribution in [1.29, 1.82) is 0 Å². The van der Waals surface area contributed by atoms with Gasteiger partial charge in [-0.3, -0.25) is 0 Å². The van der Waals surface area contributed by atoms with Gasteiger partial charge >= 0.3 is 11.9 Å². The van der Waals surface area contributed by atoms with Crippen LogP contribution in [-0.4, -0.2) is 48.6 Å². The lowest BCUT2D eigenvalue weighted by molar-refractivity contribution is 0.0449. The van der Waals surface area contributed by atoms with Crippen molar-refractivity contribution in [2.24, 2.45) is 0 Å². The summed E-state index contributed by atoms with van der Waals surface area (Å²) < 4.78 is 15.7. The van der Waals surface area contributed by atoms with Gasteiger partial charge in [0.2, 0.25) is 0 Å². The average Bonchev–Trinajstić information content (AvgIpc) is 2.64. The number of aliphatic hydroxyl groups excluding tert-OH is 1. The minimum Gasteiger partial charge on any atom is -0.491 e. The largest absolute Gasteiger partial charge is 0.491 e. The van der Waals surface area contributed by atoms with Crippen molar-refractivity contribution in [2.45, 2.75) is 0 Å². The summed E-state index contributed by atoms with van der Waals surface area (Å²) in [6.07, 6.45) is 0. The molecule has 0 heterocycles. The highest BCUT2D eigenvalue weighted by Gasteiger charge is 2.09. The smallest absolute Gasteiger partial charge is 0.338 e. The predicted molar refractivity (Wildman–Crippen MR) is 88.2 cm³/mol. The summed E-state index contributed by atoms with van der Waals surface area (Å²) in [4.78, 5) is 22.6. The molecule has 2 aromatic carbocycles. The third-order valence-corrected chi connectivity index (χ3v) is 3.14. The standard InChI is InChI=1S/C18H18O7/c19-9-10-23-15-5-7-16(8-6-15)24-11-12-25-18(22)14-3-1-13(2-4-14)17(20)21/h1-8,19H,9-12H2,(H,20,21). The van der Waals surface area contributed by atoms with Gasteiger partial charge < -0.3 is 24.4 Å². The summed E-state index contributed by atoms with van der Waals surface area (Å²) in [5, 5.41) is 17.5. The Morgan fingerprint density at radius 2 is 1.28 bits per heavy atom. The lowest BCUT2D eigenvalue weighted by Crippen LogP contribution is -2.12. The molecule has 0 aliphatic rings. The Hall–Kier alpha value is -3.06. The van der Waals surface area contributed by atoms with Gasteiger partial charge in [-0.1, -0.05) is 0 Å². The number of carboxylic acid groups (broad SMARTS) is 1. The minimum atomic E-state index is -1.05. The predicted octanol–water partition coefficient (Wildman–Crippen LogP) is 1.99. The van der Waals surface area contributed by atoms with E-state index in [-0.39, 0.29) is 37.6 Å². The molecule has 0 bridgehead atoms. The highest BCUT2D eigenvalue weighted by molar-refractivity contribution is 5.92. The molecule has 132 valence electrons. The Morgan fingerprint density at radius 1 is 0.760 bits per heavy atom. The second-order valence-corrected chi connectivity index (χ2v) is 4.91. The fourth-order valence-electron chi connectivity index (χ4n) is 1.92. The highest BCUT2D eigenvalue weighted by atomic mass is 16.6. The second-order valence-electron chi connectivity index (χ2n) is 4.91. The first-order valence-electron chi connectivity index (χ1n) is 7.57. The van der Waals surface area contributed by atoms with Crippen molar-refractivity contribution in [3.63, 3.8) is 0 Å². The van der Waals surface area contributed by atoms with E-state index in [2.05, 4.69) is 0 Å². The monoisotopic (exact) mass is 346 g/mol. The fraction of sp³-hybridized carbons (Fsp3) is 0.222. The molecule has 7 nitrogen and oxygen atoms in total. The van der Waals surface area contributed by atoms with Crippen molar-refractivity contribution in [3.8, 4) is 11.5 Å². The lowest BCUT2D eigenvalue weighted by atomic mass is 10.1. The van der Waals surface area contributed by atoms with Gasteiger partial charge in [0.15, 0.2) is 0 Å². The van der Waals surface area contributed by atoms with E-state index >= 15 is 0 Å². The van der Waals surface area contributed by atoms with E-state index in [4.69, 9.17) is 24.4 Å². The van der Waals surface area contributed by atoms with Crippen LogP contribution < -0.4 is 9.47 Å². The number of carbonyl (C=O) groups is 2. The van der Waals surface area contributed by atoms with E-state index in [1.807, 2.05) is 0 Å². The maximum atomic E-state index is 11.8. The van der Waals surface area contributed by atoms with Crippen molar-refractivity contribution in [3.05, 3.63) is 59.7 Å². The molecular formula is C18H18O7. The molecule has 7 heteroatoms. The number of carbonyl (C=O) groups excluding carboxylic acids is 1. The molecule has 0 fully saturated rings. The van der Waals surface area contributed by atoms with Crippen molar-refractivity contribution < 1.29 is 34.0 Å². The van der Waals surface area contributed by atoms with Gasteiger partial charge in [0, 0.05) is 0 Å². The van der Waals surface area contributed by atoms with Crippen LogP contribution in [0.4, 0.5) is 0 Å². The molecular weight excluding hydrogens is 328 g/mol.